The molecule has 2 aromatic carbocycles. The molecule has 2 unspecified atom stereocenters. The number of carboxylic acids is 1. The summed E-state index contributed by atoms with van der Waals surface area (Å²) in [6.07, 6.45) is 0. The first-order valence-corrected chi connectivity index (χ1v) is 7.71. The van der Waals surface area contributed by atoms with Crippen molar-refractivity contribution in [3.05, 3.63) is 71.3 Å². The molecule has 0 radical (unpaired) electrons. The lowest BCUT2D eigenvalue weighted by Gasteiger charge is -2.49. The van der Waals surface area contributed by atoms with E-state index in [1.165, 1.54) is 0 Å². The number of carbonyl (C=O) groups is 2. The summed E-state index contributed by atoms with van der Waals surface area (Å²) in [7, 11) is 0. The van der Waals surface area contributed by atoms with Crippen molar-refractivity contribution < 1.29 is 14.7 Å². The molecule has 3 rings (SSSR count). The molecular weight excluding hydrogens is 290 g/mol. The second kappa shape index (κ2) is 5.54. The zero-order chi connectivity index (χ0) is 16.6. The van der Waals surface area contributed by atoms with E-state index in [0.29, 0.717) is 17.7 Å². The number of carbonyl (C=O) groups excluding carboxylic acids is 1. The van der Waals surface area contributed by atoms with Gasteiger partial charge in [-0.1, -0.05) is 48.5 Å². The van der Waals surface area contributed by atoms with E-state index >= 15 is 0 Å². The zero-order valence-electron chi connectivity index (χ0n) is 13.2. The maximum absolute atomic E-state index is 12.9. The Morgan fingerprint density at radius 3 is 2.35 bits per heavy atom. The molecule has 0 bridgehead atoms. The van der Waals surface area contributed by atoms with Gasteiger partial charge in [-0.25, -0.2) is 0 Å². The molecular formula is C19H19NO3. The van der Waals surface area contributed by atoms with E-state index < -0.39 is 17.4 Å². The highest BCUT2D eigenvalue weighted by Crippen LogP contribution is 2.47. The standard InChI is InChI=1S/C19H19NO3/c1-3-20-17(21)15-12-8-7-11-14(15)16(18(22)23)19(20,2)13-9-5-4-6-10-13/h4-12,16H,3H2,1-2H3,(H,22,23). The molecule has 118 valence electrons. The molecule has 0 fully saturated rings. The zero-order valence-corrected chi connectivity index (χ0v) is 13.2. The summed E-state index contributed by atoms with van der Waals surface area (Å²) in [5.74, 6) is -1.85. The average Bonchev–Trinajstić information content (AvgIpc) is 2.56. The molecule has 2 atom stereocenters. The summed E-state index contributed by atoms with van der Waals surface area (Å²) in [5, 5.41) is 9.94. The number of hydrogen-bond donors (Lipinski definition) is 1. The lowest BCUT2D eigenvalue weighted by molar-refractivity contribution is -0.143. The van der Waals surface area contributed by atoms with Crippen molar-refractivity contribution in [1.29, 1.82) is 0 Å². The van der Waals surface area contributed by atoms with Crippen LogP contribution in [0.15, 0.2) is 54.6 Å². The molecule has 0 spiro atoms. The van der Waals surface area contributed by atoms with Crippen LogP contribution in [0.5, 0.6) is 0 Å². The molecule has 2 aromatic rings. The Kier molecular flexibility index (Phi) is 3.68. The normalized spacial score (nSPS) is 23.5. The Morgan fingerprint density at radius 2 is 1.74 bits per heavy atom. The van der Waals surface area contributed by atoms with E-state index in [0.717, 1.165) is 5.56 Å². The smallest absolute Gasteiger partial charge is 0.313 e. The largest absolute Gasteiger partial charge is 0.481 e. The van der Waals surface area contributed by atoms with Crippen LogP contribution in [0.2, 0.25) is 0 Å². The second-order valence-corrected chi connectivity index (χ2v) is 5.92. The van der Waals surface area contributed by atoms with E-state index in [9.17, 15) is 14.7 Å². The number of hydrogen-bond acceptors (Lipinski definition) is 2. The highest BCUT2D eigenvalue weighted by molar-refractivity contribution is 6.01. The number of rotatable bonds is 3. The van der Waals surface area contributed by atoms with Crippen molar-refractivity contribution >= 4 is 11.9 Å². The van der Waals surface area contributed by atoms with E-state index in [1.54, 1.807) is 29.2 Å². The summed E-state index contributed by atoms with van der Waals surface area (Å²) in [5.41, 5.74) is 0.973. The fraction of sp³-hybridized carbons (Fsp3) is 0.263. The van der Waals surface area contributed by atoms with Crippen LogP contribution in [-0.4, -0.2) is 28.4 Å². The molecule has 0 aromatic heterocycles. The van der Waals surface area contributed by atoms with Gasteiger partial charge in [0.25, 0.3) is 5.91 Å². The van der Waals surface area contributed by atoms with Gasteiger partial charge in [0, 0.05) is 12.1 Å². The van der Waals surface area contributed by atoms with Crippen LogP contribution in [0.1, 0.15) is 41.3 Å². The third-order valence-electron chi connectivity index (χ3n) is 4.79. The Bertz CT molecular complexity index is 756. The van der Waals surface area contributed by atoms with Crippen LogP contribution < -0.4 is 0 Å². The average molecular weight is 309 g/mol. The molecule has 1 amide bonds. The topological polar surface area (TPSA) is 57.6 Å². The quantitative estimate of drug-likeness (QED) is 0.947. The van der Waals surface area contributed by atoms with E-state index in [1.807, 2.05) is 44.2 Å². The van der Waals surface area contributed by atoms with Gasteiger partial charge in [0.15, 0.2) is 0 Å². The van der Waals surface area contributed by atoms with E-state index in [-0.39, 0.29) is 5.91 Å². The minimum Gasteiger partial charge on any atom is -0.481 e. The number of nitrogens with zero attached hydrogens (tertiary/aromatic N) is 1. The fourth-order valence-corrected chi connectivity index (χ4v) is 3.70. The number of fused-ring (bicyclic) bond motifs is 1. The van der Waals surface area contributed by atoms with Gasteiger partial charge in [0.1, 0.15) is 5.92 Å². The van der Waals surface area contributed by atoms with Crippen LogP contribution in [0.3, 0.4) is 0 Å². The molecule has 1 heterocycles. The molecule has 1 aliphatic heterocycles. The van der Waals surface area contributed by atoms with Gasteiger partial charge < -0.3 is 10.0 Å². The molecule has 4 nitrogen and oxygen atoms in total. The number of aliphatic carboxylic acids is 1. The molecule has 0 aliphatic carbocycles. The monoisotopic (exact) mass is 309 g/mol. The number of likely N-dealkylation sites (N-methyl/N-ethyl adjacent to an activating group) is 1. The molecule has 1 N–H and O–H groups in total. The third-order valence-corrected chi connectivity index (χ3v) is 4.79. The van der Waals surface area contributed by atoms with Gasteiger partial charge in [-0.3, -0.25) is 9.59 Å². The maximum Gasteiger partial charge on any atom is 0.313 e. The fourth-order valence-electron chi connectivity index (χ4n) is 3.70. The minimum atomic E-state index is -0.923. The summed E-state index contributed by atoms with van der Waals surface area (Å²) >= 11 is 0. The van der Waals surface area contributed by atoms with Crippen molar-refractivity contribution in [1.82, 2.24) is 4.90 Å². The number of carboxylic acid groups (broad SMARTS) is 1. The van der Waals surface area contributed by atoms with Gasteiger partial charge in [-0.05, 0) is 31.0 Å². The number of amides is 1. The minimum absolute atomic E-state index is 0.119. The maximum atomic E-state index is 12.9. The van der Waals surface area contributed by atoms with Crippen LogP contribution in [0.25, 0.3) is 0 Å². The SMILES string of the molecule is CCN1C(=O)c2ccccc2C(C(=O)O)C1(C)c1ccccc1. The predicted molar refractivity (Wildman–Crippen MR) is 87.3 cm³/mol. The molecule has 23 heavy (non-hydrogen) atoms. The first kappa shape index (κ1) is 15.3. The lowest BCUT2D eigenvalue weighted by atomic mass is 9.70. The summed E-state index contributed by atoms with van der Waals surface area (Å²) in [4.78, 5) is 26.7. The predicted octanol–water partition coefficient (Wildman–Crippen LogP) is 3.25. The van der Waals surface area contributed by atoms with Crippen LogP contribution in [-0.2, 0) is 10.3 Å². The molecule has 0 saturated carbocycles. The first-order valence-electron chi connectivity index (χ1n) is 7.71. The second-order valence-electron chi connectivity index (χ2n) is 5.92. The van der Waals surface area contributed by atoms with Crippen LogP contribution >= 0.6 is 0 Å². The Labute approximate surface area is 135 Å². The summed E-state index contributed by atoms with van der Waals surface area (Å²) in [6, 6.07) is 16.4. The van der Waals surface area contributed by atoms with Crippen molar-refractivity contribution in [2.75, 3.05) is 6.54 Å². The summed E-state index contributed by atoms with van der Waals surface area (Å²) < 4.78 is 0. The highest BCUT2D eigenvalue weighted by atomic mass is 16.4. The van der Waals surface area contributed by atoms with Crippen molar-refractivity contribution in [3.8, 4) is 0 Å². The van der Waals surface area contributed by atoms with Gasteiger partial charge in [-0.2, -0.15) is 0 Å². The number of benzene rings is 2. The van der Waals surface area contributed by atoms with Crippen molar-refractivity contribution in [3.63, 3.8) is 0 Å². The van der Waals surface area contributed by atoms with Crippen LogP contribution in [0.4, 0.5) is 0 Å². The Balaban J connectivity index is 2.32. The van der Waals surface area contributed by atoms with E-state index in [2.05, 4.69) is 0 Å². The highest BCUT2D eigenvalue weighted by Gasteiger charge is 2.52. The van der Waals surface area contributed by atoms with Gasteiger partial charge in [0.2, 0.25) is 0 Å². The molecule has 1 aliphatic rings. The van der Waals surface area contributed by atoms with Gasteiger partial charge >= 0.3 is 5.97 Å². The Hall–Kier alpha value is -2.62. The Morgan fingerprint density at radius 1 is 1.13 bits per heavy atom. The first-order chi connectivity index (χ1) is 11.0. The van der Waals surface area contributed by atoms with E-state index in [4.69, 9.17) is 0 Å². The van der Waals surface area contributed by atoms with Crippen molar-refractivity contribution in [2.24, 2.45) is 0 Å². The molecule has 4 heteroatoms. The van der Waals surface area contributed by atoms with Gasteiger partial charge in [0.05, 0.1) is 5.54 Å². The summed E-state index contributed by atoms with van der Waals surface area (Å²) in [6.45, 7) is 4.17. The van der Waals surface area contributed by atoms with Gasteiger partial charge in [-0.15, -0.1) is 0 Å². The van der Waals surface area contributed by atoms with Crippen molar-refractivity contribution in [2.45, 2.75) is 25.3 Å². The lowest BCUT2D eigenvalue weighted by Crippen LogP contribution is -2.56. The molecule has 0 saturated heterocycles. The third kappa shape index (κ3) is 2.13. The van der Waals surface area contributed by atoms with Crippen LogP contribution in [0, 0.1) is 0 Å².